The quantitative estimate of drug-likeness (QED) is 0.890. The van der Waals surface area contributed by atoms with E-state index in [1.165, 1.54) is 31.5 Å². The maximum atomic E-state index is 10.7. The minimum Gasteiger partial charge on any atom is -0.507 e. The average molecular weight is 350 g/mol. The number of aryl methyl sites for hydroxylation is 2. The number of nitrogens with zero attached hydrogens (tertiary/aromatic N) is 3. The molecule has 1 atom stereocenters. The Morgan fingerprint density at radius 2 is 2.00 bits per heavy atom. The zero-order valence-electron chi connectivity index (χ0n) is 15.3. The third-order valence-electron chi connectivity index (χ3n) is 6.48. The van der Waals surface area contributed by atoms with Crippen LogP contribution < -0.4 is 5.32 Å². The van der Waals surface area contributed by atoms with E-state index >= 15 is 0 Å². The molecule has 3 aliphatic heterocycles. The lowest BCUT2D eigenvalue weighted by molar-refractivity contribution is 0.0973. The molecular formula is C21H26N4O. The van der Waals surface area contributed by atoms with E-state index in [0.29, 0.717) is 11.8 Å². The molecule has 2 bridgehead atoms. The van der Waals surface area contributed by atoms with Crippen LogP contribution in [0.2, 0.25) is 0 Å². The number of fused-ring (bicyclic) bond motifs is 4. The van der Waals surface area contributed by atoms with Gasteiger partial charge < -0.3 is 15.3 Å². The topological polar surface area (TPSA) is 61.3 Å². The molecule has 5 nitrogen and oxygen atoms in total. The highest BCUT2D eigenvalue weighted by atomic mass is 16.3. The number of benzene rings is 1. The van der Waals surface area contributed by atoms with Crippen molar-refractivity contribution in [2.75, 3.05) is 25.0 Å². The maximum Gasteiger partial charge on any atom is 0.149 e. The monoisotopic (exact) mass is 350 g/mol. The van der Waals surface area contributed by atoms with E-state index in [2.05, 4.69) is 39.5 Å². The molecular weight excluding hydrogens is 324 g/mol. The minimum absolute atomic E-state index is 0.399. The first-order valence-corrected chi connectivity index (χ1v) is 9.86. The second-order valence-corrected chi connectivity index (χ2v) is 8.10. The summed E-state index contributed by atoms with van der Waals surface area (Å²) in [5.74, 6) is 2.00. The van der Waals surface area contributed by atoms with E-state index in [-0.39, 0.29) is 0 Å². The Labute approximate surface area is 154 Å². The summed E-state index contributed by atoms with van der Waals surface area (Å²) in [5.41, 5.74) is 5.02. The number of rotatable bonds is 3. The van der Waals surface area contributed by atoms with Gasteiger partial charge in [-0.25, -0.2) is 0 Å². The van der Waals surface area contributed by atoms with Crippen molar-refractivity contribution in [1.82, 2.24) is 15.1 Å². The Morgan fingerprint density at radius 1 is 1.15 bits per heavy atom. The van der Waals surface area contributed by atoms with Crippen molar-refractivity contribution < 1.29 is 5.11 Å². The number of phenols is 1. The Morgan fingerprint density at radius 3 is 2.73 bits per heavy atom. The molecule has 5 heteroatoms. The van der Waals surface area contributed by atoms with E-state index in [9.17, 15) is 5.11 Å². The van der Waals surface area contributed by atoms with Crippen LogP contribution in [0, 0.1) is 12.8 Å². The van der Waals surface area contributed by atoms with Crippen molar-refractivity contribution in [1.29, 1.82) is 0 Å². The molecule has 1 aliphatic carbocycles. The van der Waals surface area contributed by atoms with Crippen molar-refractivity contribution in [3.8, 4) is 17.0 Å². The largest absolute Gasteiger partial charge is 0.507 e. The number of aromatic nitrogens is 2. The predicted molar refractivity (Wildman–Crippen MR) is 102 cm³/mol. The van der Waals surface area contributed by atoms with Crippen LogP contribution in [0.15, 0.2) is 18.2 Å². The summed E-state index contributed by atoms with van der Waals surface area (Å²) >= 11 is 0. The SMILES string of the molecule is Cc1cc(NC2CN3CCC2CC3)nnc1-c1ccc2c(c1O)CCC2. The zero-order valence-corrected chi connectivity index (χ0v) is 15.3. The second kappa shape index (κ2) is 6.23. The van der Waals surface area contributed by atoms with E-state index in [1.807, 2.05) is 6.07 Å². The van der Waals surface area contributed by atoms with E-state index in [0.717, 1.165) is 59.9 Å². The molecule has 6 rings (SSSR count). The van der Waals surface area contributed by atoms with Gasteiger partial charge in [-0.15, -0.1) is 10.2 Å². The highest BCUT2D eigenvalue weighted by Crippen LogP contribution is 2.38. The van der Waals surface area contributed by atoms with Crippen LogP contribution in [0.5, 0.6) is 5.75 Å². The molecule has 2 N–H and O–H groups in total. The molecule has 3 saturated heterocycles. The third-order valence-corrected chi connectivity index (χ3v) is 6.48. The van der Waals surface area contributed by atoms with Gasteiger partial charge in [0.1, 0.15) is 11.6 Å². The van der Waals surface area contributed by atoms with Crippen LogP contribution in [-0.2, 0) is 12.8 Å². The second-order valence-electron chi connectivity index (χ2n) is 8.10. The van der Waals surface area contributed by atoms with Gasteiger partial charge in [0.25, 0.3) is 0 Å². The van der Waals surface area contributed by atoms with Crippen LogP contribution in [-0.4, -0.2) is 45.9 Å². The van der Waals surface area contributed by atoms with Crippen LogP contribution in [0.3, 0.4) is 0 Å². The van der Waals surface area contributed by atoms with E-state index < -0.39 is 0 Å². The summed E-state index contributed by atoms with van der Waals surface area (Å²) < 4.78 is 0. The van der Waals surface area contributed by atoms with Crippen molar-refractivity contribution in [3.63, 3.8) is 0 Å². The van der Waals surface area contributed by atoms with Crippen LogP contribution in [0.1, 0.15) is 36.0 Å². The molecule has 0 saturated carbocycles. The summed E-state index contributed by atoms with van der Waals surface area (Å²) in [5, 5.41) is 23.2. The first kappa shape index (κ1) is 16.1. The first-order valence-electron chi connectivity index (χ1n) is 9.86. The summed E-state index contributed by atoms with van der Waals surface area (Å²) in [6.07, 6.45) is 5.71. The molecule has 0 spiro atoms. The van der Waals surface area contributed by atoms with Crippen molar-refractivity contribution in [2.45, 2.75) is 45.1 Å². The minimum atomic E-state index is 0.399. The van der Waals surface area contributed by atoms with Gasteiger partial charge in [0.2, 0.25) is 0 Å². The standard InChI is InChI=1S/C21H26N4O/c1-13-11-19(22-18-12-25-9-7-15(18)8-10-25)23-24-20(13)17-6-5-14-3-2-4-16(14)21(17)26/h5-6,11,15,18,26H,2-4,7-10,12H2,1H3,(H,22,23). The van der Waals surface area contributed by atoms with Crippen molar-refractivity contribution >= 4 is 5.82 Å². The van der Waals surface area contributed by atoms with Crippen LogP contribution in [0.25, 0.3) is 11.3 Å². The number of piperidine rings is 3. The smallest absolute Gasteiger partial charge is 0.149 e. The number of hydrogen-bond acceptors (Lipinski definition) is 5. The van der Waals surface area contributed by atoms with Crippen molar-refractivity contribution in [2.24, 2.45) is 5.92 Å². The van der Waals surface area contributed by atoms with Gasteiger partial charge in [0.15, 0.2) is 0 Å². The molecule has 3 fully saturated rings. The van der Waals surface area contributed by atoms with Crippen molar-refractivity contribution in [3.05, 3.63) is 34.9 Å². The Balaban J connectivity index is 1.41. The van der Waals surface area contributed by atoms with E-state index in [4.69, 9.17) is 0 Å². The molecule has 4 aliphatic rings. The van der Waals surface area contributed by atoms with Crippen LogP contribution in [0.4, 0.5) is 5.82 Å². The molecule has 26 heavy (non-hydrogen) atoms. The fraction of sp³-hybridized carbons (Fsp3) is 0.524. The zero-order chi connectivity index (χ0) is 17.7. The van der Waals surface area contributed by atoms with Crippen LogP contribution >= 0.6 is 0 Å². The number of aromatic hydroxyl groups is 1. The number of nitrogens with one attached hydrogen (secondary N) is 1. The normalized spacial score (nSPS) is 26.7. The summed E-state index contributed by atoms with van der Waals surface area (Å²) in [6.45, 7) is 5.64. The summed E-state index contributed by atoms with van der Waals surface area (Å²) in [7, 11) is 0. The van der Waals surface area contributed by atoms with Gasteiger partial charge in [0.05, 0.1) is 5.69 Å². The Kier molecular flexibility index (Phi) is 3.85. The molecule has 1 aromatic carbocycles. The molecule has 0 amide bonds. The van der Waals surface area contributed by atoms with E-state index in [1.54, 1.807) is 0 Å². The lowest BCUT2D eigenvalue weighted by atomic mass is 9.84. The summed E-state index contributed by atoms with van der Waals surface area (Å²) in [4.78, 5) is 2.54. The fourth-order valence-electron chi connectivity index (χ4n) is 4.98. The molecule has 4 heterocycles. The molecule has 1 aromatic heterocycles. The maximum absolute atomic E-state index is 10.7. The Bertz CT molecular complexity index is 842. The Hall–Kier alpha value is -2.14. The lowest BCUT2D eigenvalue weighted by Crippen LogP contribution is -2.53. The van der Waals surface area contributed by atoms with Gasteiger partial charge in [-0.1, -0.05) is 6.07 Å². The first-order chi connectivity index (χ1) is 12.7. The average Bonchev–Trinajstić information content (AvgIpc) is 3.14. The predicted octanol–water partition coefficient (Wildman–Crippen LogP) is 3.15. The van der Waals surface area contributed by atoms with Gasteiger partial charge in [-0.05, 0) is 86.9 Å². The fourth-order valence-corrected chi connectivity index (χ4v) is 4.98. The van der Waals surface area contributed by atoms with Gasteiger partial charge in [-0.3, -0.25) is 0 Å². The van der Waals surface area contributed by atoms with Gasteiger partial charge >= 0.3 is 0 Å². The number of hydrogen-bond donors (Lipinski definition) is 2. The van der Waals surface area contributed by atoms with Gasteiger partial charge in [0, 0.05) is 18.2 Å². The highest BCUT2D eigenvalue weighted by Gasteiger charge is 2.34. The highest BCUT2D eigenvalue weighted by molar-refractivity contribution is 5.73. The lowest BCUT2D eigenvalue weighted by Gasteiger charge is -2.45. The molecule has 1 unspecified atom stereocenters. The molecule has 136 valence electrons. The van der Waals surface area contributed by atoms with Gasteiger partial charge in [-0.2, -0.15) is 0 Å². The third kappa shape index (κ3) is 2.65. The molecule has 2 aromatic rings. The summed E-state index contributed by atoms with van der Waals surface area (Å²) in [6, 6.07) is 6.69. The molecule has 0 radical (unpaired) electrons. The number of phenolic OH excluding ortho intramolecular Hbond substituents is 1. The number of anilines is 1.